The summed E-state index contributed by atoms with van der Waals surface area (Å²) < 4.78 is 4.57. The molecule has 0 unspecified atom stereocenters. The van der Waals surface area contributed by atoms with Crippen LogP contribution in [0.15, 0.2) is 12.2 Å². The summed E-state index contributed by atoms with van der Waals surface area (Å²) in [5, 5.41) is 20.0. The van der Waals surface area contributed by atoms with Crippen LogP contribution < -0.4 is 5.32 Å². The van der Waals surface area contributed by atoms with Gasteiger partial charge in [0.25, 0.3) is 0 Å². The van der Waals surface area contributed by atoms with E-state index >= 15 is 0 Å². The number of esters is 1. The van der Waals surface area contributed by atoms with Gasteiger partial charge in [-0.2, -0.15) is 5.26 Å². The van der Waals surface area contributed by atoms with E-state index in [-0.39, 0.29) is 15.4 Å². The van der Waals surface area contributed by atoms with Crippen LogP contribution in [-0.4, -0.2) is 30.1 Å². The summed E-state index contributed by atoms with van der Waals surface area (Å²) in [4.78, 5) is 33.5. The van der Waals surface area contributed by atoms with Gasteiger partial charge in [-0.25, -0.2) is 9.59 Å². The van der Waals surface area contributed by atoms with Crippen molar-refractivity contribution < 1.29 is 24.2 Å². The van der Waals surface area contributed by atoms with Crippen molar-refractivity contribution in [3.05, 3.63) is 28.2 Å². The molecule has 0 saturated carbocycles. The molecule has 0 aromatic carbocycles. The second-order valence-electron chi connectivity index (χ2n) is 3.52. The summed E-state index contributed by atoms with van der Waals surface area (Å²) in [5.41, 5.74) is 0.550. The number of hydrogen-bond acceptors (Lipinski definition) is 6. The van der Waals surface area contributed by atoms with Crippen LogP contribution in [0.25, 0.3) is 0 Å². The van der Waals surface area contributed by atoms with Crippen molar-refractivity contribution >= 4 is 34.2 Å². The molecule has 1 aromatic heterocycles. The highest BCUT2D eigenvalue weighted by molar-refractivity contribution is 7.18. The van der Waals surface area contributed by atoms with Gasteiger partial charge in [0, 0.05) is 12.2 Å². The lowest BCUT2D eigenvalue weighted by atomic mass is 10.2. The van der Waals surface area contributed by atoms with E-state index in [0.717, 1.165) is 17.4 Å². The van der Waals surface area contributed by atoms with Gasteiger partial charge in [0.15, 0.2) is 0 Å². The first-order valence-electron chi connectivity index (χ1n) is 5.24. The van der Waals surface area contributed by atoms with E-state index in [1.54, 1.807) is 6.92 Å². The number of carboxylic acids is 1. The number of rotatable bonds is 4. The number of nitrogens with one attached hydrogen (secondary N) is 1. The molecular weight excluding hydrogens is 284 g/mol. The number of carbonyl (C=O) groups is 3. The van der Waals surface area contributed by atoms with Crippen LogP contribution in [0.2, 0.25) is 0 Å². The van der Waals surface area contributed by atoms with Crippen molar-refractivity contribution in [3.8, 4) is 6.07 Å². The van der Waals surface area contributed by atoms with Gasteiger partial charge in [0.1, 0.15) is 15.9 Å². The number of thiophene rings is 1. The van der Waals surface area contributed by atoms with E-state index < -0.39 is 17.8 Å². The average molecular weight is 294 g/mol. The fourth-order valence-electron chi connectivity index (χ4n) is 1.32. The van der Waals surface area contributed by atoms with Gasteiger partial charge >= 0.3 is 11.9 Å². The molecule has 7 nitrogen and oxygen atoms in total. The van der Waals surface area contributed by atoms with Crippen molar-refractivity contribution in [2.24, 2.45) is 0 Å². The molecule has 1 aromatic rings. The number of carbonyl (C=O) groups excluding carboxylic acids is 2. The number of hydrogen-bond donors (Lipinski definition) is 2. The van der Waals surface area contributed by atoms with Gasteiger partial charge < -0.3 is 15.2 Å². The predicted octanol–water partition coefficient (Wildman–Crippen LogP) is 1.29. The molecule has 0 spiro atoms. The van der Waals surface area contributed by atoms with Crippen LogP contribution in [0, 0.1) is 18.3 Å². The first-order chi connectivity index (χ1) is 9.40. The van der Waals surface area contributed by atoms with Gasteiger partial charge in [-0.1, -0.05) is 0 Å². The minimum atomic E-state index is -1.27. The van der Waals surface area contributed by atoms with Crippen LogP contribution >= 0.6 is 11.3 Å². The molecule has 0 bridgehead atoms. The highest BCUT2D eigenvalue weighted by Crippen LogP contribution is 2.32. The zero-order chi connectivity index (χ0) is 15.3. The lowest BCUT2D eigenvalue weighted by molar-refractivity contribution is -0.131. The molecule has 20 heavy (non-hydrogen) atoms. The van der Waals surface area contributed by atoms with E-state index in [2.05, 4.69) is 10.1 Å². The maximum absolute atomic E-state index is 11.5. The van der Waals surface area contributed by atoms with Gasteiger partial charge in [-0.3, -0.25) is 4.79 Å². The Morgan fingerprint density at radius 2 is 2.05 bits per heavy atom. The Labute approximate surface area is 118 Å². The number of amides is 1. The number of nitrogens with zero attached hydrogens (tertiary/aromatic N) is 1. The van der Waals surface area contributed by atoms with Crippen LogP contribution in [0.4, 0.5) is 5.00 Å². The first-order valence-corrected chi connectivity index (χ1v) is 6.06. The lowest BCUT2D eigenvalue weighted by Crippen LogP contribution is -2.08. The number of methoxy groups -OCH3 is 1. The minimum absolute atomic E-state index is 0.146. The number of ether oxygens (including phenoxy) is 1. The Hall–Kier alpha value is -2.66. The third-order valence-electron chi connectivity index (χ3n) is 2.24. The van der Waals surface area contributed by atoms with Crippen LogP contribution in [0.3, 0.4) is 0 Å². The molecule has 0 radical (unpaired) electrons. The summed E-state index contributed by atoms with van der Waals surface area (Å²) in [6.07, 6.45) is 1.49. The Bertz CT molecular complexity index is 639. The first kappa shape index (κ1) is 15.4. The van der Waals surface area contributed by atoms with Crippen molar-refractivity contribution in [1.82, 2.24) is 0 Å². The summed E-state index contributed by atoms with van der Waals surface area (Å²) in [5.74, 6) is -2.58. The molecule has 0 aliphatic carbocycles. The second-order valence-corrected chi connectivity index (χ2v) is 4.55. The molecule has 2 N–H and O–H groups in total. The fraction of sp³-hybridized carbons (Fsp3) is 0.167. The number of carboxylic acid groups (broad SMARTS) is 1. The Morgan fingerprint density at radius 1 is 1.40 bits per heavy atom. The van der Waals surface area contributed by atoms with Crippen molar-refractivity contribution in [2.75, 3.05) is 12.4 Å². The van der Waals surface area contributed by atoms with E-state index in [4.69, 9.17) is 10.4 Å². The van der Waals surface area contributed by atoms with E-state index in [0.29, 0.717) is 11.6 Å². The number of anilines is 1. The van der Waals surface area contributed by atoms with Crippen LogP contribution in [0.5, 0.6) is 0 Å². The molecule has 1 rings (SSSR count). The predicted molar refractivity (Wildman–Crippen MR) is 70.5 cm³/mol. The van der Waals surface area contributed by atoms with Gasteiger partial charge in [0.2, 0.25) is 5.91 Å². The maximum atomic E-state index is 11.5. The fourth-order valence-corrected chi connectivity index (χ4v) is 2.40. The standard InChI is InChI=1S/C12H10N2O5S/c1-6-7(5-13)11(20-10(6)12(18)19-2)14-8(15)3-4-9(16)17/h3-4H,1-2H3,(H,14,15)(H,16,17). The number of aliphatic carboxylic acids is 1. The molecule has 1 heterocycles. The molecular formula is C12H10N2O5S. The third-order valence-corrected chi connectivity index (χ3v) is 3.43. The Morgan fingerprint density at radius 3 is 2.55 bits per heavy atom. The van der Waals surface area contributed by atoms with Crippen molar-refractivity contribution in [3.63, 3.8) is 0 Å². The molecule has 0 atom stereocenters. The topological polar surface area (TPSA) is 116 Å². The molecule has 104 valence electrons. The van der Waals surface area contributed by atoms with E-state index in [9.17, 15) is 14.4 Å². The van der Waals surface area contributed by atoms with Crippen molar-refractivity contribution in [1.29, 1.82) is 5.26 Å². The lowest BCUT2D eigenvalue weighted by Gasteiger charge is -1.98. The zero-order valence-corrected chi connectivity index (χ0v) is 11.4. The van der Waals surface area contributed by atoms with Gasteiger partial charge in [-0.05, 0) is 12.5 Å². The van der Waals surface area contributed by atoms with E-state index in [1.807, 2.05) is 6.07 Å². The highest BCUT2D eigenvalue weighted by Gasteiger charge is 2.21. The Kier molecular flexibility index (Phi) is 5.00. The molecule has 0 fully saturated rings. The summed E-state index contributed by atoms with van der Waals surface area (Å²) in [6.45, 7) is 1.56. The van der Waals surface area contributed by atoms with Gasteiger partial charge in [0.05, 0.1) is 12.7 Å². The molecule has 0 saturated heterocycles. The van der Waals surface area contributed by atoms with Crippen molar-refractivity contribution in [2.45, 2.75) is 6.92 Å². The SMILES string of the molecule is COC(=O)c1sc(NC(=O)C=CC(=O)O)c(C#N)c1C. The monoisotopic (exact) mass is 294 g/mol. The summed E-state index contributed by atoms with van der Waals surface area (Å²) in [7, 11) is 1.21. The Balaban J connectivity index is 3.08. The number of nitriles is 1. The largest absolute Gasteiger partial charge is 0.478 e. The summed E-state index contributed by atoms with van der Waals surface area (Å²) >= 11 is 0.896. The van der Waals surface area contributed by atoms with Crippen LogP contribution in [-0.2, 0) is 14.3 Å². The smallest absolute Gasteiger partial charge is 0.348 e. The minimum Gasteiger partial charge on any atom is -0.478 e. The zero-order valence-electron chi connectivity index (χ0n) is 10.6. The van der Waals surface area contributed by atoms with Gasteiger partial charge in [-0.15, -0.1) is 11.3 Å². The molecule has 0 aliphatic heterocycles. The van der Waals surface area contributed by atoms with Crippen LogP contribution in [0.1, 0.15) is 20.8 Å². The highest BCUT2D eigenvalue weighted by atomic mass is 32.1. The maximum Gasteiger partial charge on any atom is 0.348 e. The summed E-state index contributed by atoms with van der Waals surface area (Å²) in [6, 6.07) is 1.88. The third kappa shape index (κ3) is 3.43. The average Bonchev–Trinajstić information content (AvgIpc) is 2.71. The second kappa shape index (κ2) is 6.49. The van der Waals surface area contributed by atoms with E-state index in [1.165, 1.54) is 7.11 Å². The molecule has 1 amide bonds. The quantitative estimate of drug-likeness (QED) is 0.638. The normalized spacial score (nSPS) is 10.1. The molecule has 8 heteroatoms. The molecule has 0 aliphatic rings.